The van der Waals surface area contributed by atoms with Crippen molar-refractivity contribution in [1.82, 2.24) is 0 Å². The van der Waals surface area contributed by atoms with Crippen LogP contribution >= 0.6 is 10.7 Å². The van der Waals surface area contributed by atoms with Crippen molar-refractivity contribution in [2.75, 3.05) is 6.61 Å². The SMILES string of the molecule is CCOc1c(S(=O)(=O)Cl)ccc(C(F)F)c1[N+](=O)[O-]. The normalized spacial score (nSPS) is 11.6. The molecule has 0 fully saturated rings. The molecule has 106 valence electrons. The lowest BCUT2D eigenvalue weighted by atomic mass is 10.1. The van der Waals surface area contributed by atoms with E-state index in [1.807, 2.05) is 0 Å². The van der Waals surface area contributed by atoms with Crippen molar-refractivity contribution in [3.8, 4) is 5.75 Å². The Morgan fingerprint density at radius 2 is 2.05 bits per heavy atom. The van der Waals surface area contributed by atoms with Crippen molar-refractivity contribution in [2.24, 2.45) is 0 Å². The lowest BCUT2D eigenvalue weighted by Gasteiger charge is -2.11. The predicted octanol–water partition coefficient (Wildman–Crippen LogP) is 2.86. The van der Waals surface area contributed by atoms with Crippen LogP contribution in [0.1, 0.15) is 18.9 Å². The molecule has 0 aliphatic carbocycles. The molecule has 1 aromatic carbocycles. The summed E-state index contributed by atoms with van der Waals surface area (Å²) in [6.07, 6.45) is -3.15. The summed E-state index contributed by atoms with van der Waals surface area (Å²) in [5.41, 5.74) is -2.03. The summed E-state index contributed by atoms with van der Waals surface area (Å²) in [6.45, 7) is 1.27. The standard InChI is InChI=1S/C9H8ClF2NO5S/c1-2-18-8-6(19(10,16)17)4-3-5(9(11)12)7(8)13(14)15/h3-4,9H,2H2,1H3. The fourth-order valence-corrected chi connectivity index (χ4v) is 2.38. The van der Waals surface area contributed by atoms with Crippen molar-refractivity contribution >= 4 is 25.4 Å². The van der Waals surface area contributed by atoms with E-state index in [9.17, 15) is 27.3 Å². The number of rotatable bonds is 5. The van der Waals surface area contributed by atoms with Gasteiger partial charge in [-0.1, -0.05) is 0 Å². The molecule has 10 heteroatoms. The smallest absolute Gasteiger partial charge is 0.321 e. The van der Waals surface area contributed by atoms with E-state index in [4.69, 9.17) is 15.4 Å². The zero-order valence-corrected chi connectivity index (χ0v) is 11.0. The highest BCUT2D eigenvalue weighted by Crippen LogP contribution is 2.42. The molecule has 6 nitrogen and oxygen atoms in total. The van der Waals surface area contributed by atoms with Gasteiger partial charge in [0.25, 0.3) is 15.5 Å². The minimum atomic E-state index is -4.36. The number of nitro benzene ring substituents is 1. The van der Waals surface area contributed by atoms with Crippen molar-refractivity contribution in [3.63, 3.8) is 0 Å². The van der Waals surface area contributed by atoms with Gasteiger partial charge in [-0.3, -0.25) is 10.1 Å². The molecule has 0 saturated heterocycles. The molecule has 0 N–H and O–H groups in total. The van der Waals surface area contributed by atoms with E-state index in [0.29, 0.717) is 6.07 Å². The molecule has 0 unspecified atom stereocenters. The number of hydrogen-bond acceptors (Lipinski definition) is 5. The van der Waals surface area contributed by atoms with Gasteiger partial charge in [0.1, 0.15) is 4.90 Å². The maximum absolute atomic E-state index is 12.7. The summed E-state index contributed by atoms with van der Waals surface area (Å²) in [7, 11) is 0.734. The summed E-state index contributed by atoms with van der Waals surface area (Å²) in [4.78, 5) is 9.01. The average Bonchev–Trinajstić information content (AvgIpc) is 2.26. The highest BCUT2D eigenvalue weighted by molar-refractivity contribution is 8.13. The van der Waals surface area contributed by atoms with Crippen LogP contribution in [0.2, 0.25) is 0 Å². The molecule has 1 aromatic rings. The number of halogens is 3. The summed E-state index contributed by atoms with van der Waals surface area (Å²) < 4.78 is 52.7. The van der Waals surface area contributed by atoms with E-state index >= 15 is 0 Å². The average molecular weight is 316 g/mol. The molecule has 0 spiro atoms. The van der Waals surface area contributed by atoms with E-state index in [1.54, 1.807) is 0 Å². The van der Waals surface area contributed by atoms with Gasteiger partial charge < -0.3 is 4.74 Å². The van der Waals surface area contributed by atoms with Crippen LogP contribution in [0.3, 0.4) is 0 Å². The molecule has 0 aromatic heterocycles. The highest BCUT2D eigenvalue weighted by atomic mass is 35.7. The van der Waals surface area contributed by atoms with Gasteiger partial charge in [0.2, 0.25) is 5.75 Å². The van der Waals surface area contributed by atoms with Crippen LogP contribution in [0.5, 0.6) is 5.75 Å². The number of benzene rings is 1. The van der Waals surface area contributed by atoms with Crippen molar-refractivity contribution in [2.45, 2.75) is 18.2 Å². The fourth-order valence-electron chi connectivity index (χ4n) is 1.41. The van der Waals surface area contributed by atoms with Crippen LogP contribution in [-0.2, 0) is 9.05 Å². The number of ether oxygens (including phenoxy) is 1. The largest absolute Gasteiger partial charge is 0.486 e. The number of alkyl halides is 2. The molecular formula is C9H8ClF2NO5S. The monoisotopic (exact) mass is 315 g/mol. The molecule has 0 bridgehead atoms. The molecule has 0 saturated carbocycles. The zero-order valence-electron chi connectivity index (χ0n) is 9.47. The Balaban J connectivity index is 3.73. The Morgan fingerprint density at radius 3 is 2.42 bits per heavy atom. The molecule has 0 atom stereocenters. The van der Waals surface area contributed by atoms with Crippen molar-refractivity contribution < 1.29 is 26.9 Å². The molecule has 0 amide bonds. The van der Waals surface area contributed by atoms with Crippen molar-refractivity contribution in [1.29, 1.82) is 0 Å². The third-order valence-corrected chi connectivity index (χ3v) is 3.44. The number of hydrogen-bond donors (Lipinski definition) is 0. The van der Waals surface area contributed by atoms with E-state index < -0.39 is 42.3 Å². The van der Waals surface area contributed by atoms with Gasteiger partial charge in [-0.2, -0.15) is 0 Å². The van der Waals surface area contributed by atoms with Crippen LogP contribution in [-0.4, -0.2) is 19.9 Å². The summed E-state index contributed by atoms with van der Waals surface area (Å²) >= 11 is 0. The summed E-state index contributed by atoms with van der Waals surface area (Å²) in [6, 6.07) is 1.39. The van der Waals surface area contributed by atoms with E-state index in [0.717, 1.165) is 6.07 Å². The van der Waals surface area contributed by atoms with E-state index in [1.165, 1.54) is 6.92 Å². The lowest BCUT2D eigenvalue weighted by Crippen LogP contribution is -2.06. The Morgan fingerprint density at radius 1 is 1.47 bits per heavy atom. The van der Waals surface area contributed by atoms with Gasteiger partial charge in [-0.05, 0) is 19.1 Å². The van der Waals surface area contributed by atoms with Crippen LogP contribution in [0.25, 0.3) is 0 Å². The molecule has 0 heterocycles. The first kappa shape index (κ1) is 15.6. The summed E-state index contributed by atoms with van der Waals surface area (Å²) in [5.74, 6) is -0.777. The molecule has 0 radical (unpaired) electrons. The quantitative estimate of drug-likeness (QED) is 0.473. The van der Waals surface area contributed by atoms with Crippen LogP contribution in [0, 0.1) is 10.1 Å². The second-order valence-corrected chi connectivity index (χ2v) is 5.79. The van der Waals surface area contributed by atoms with Crippen LogP contribution in [0.15, 0.2) is 17.0 Å². The van der Waals surface area contributed by atoms with Gasteiger partial charge in [0.05, 0.1) is 17.1 Å². The minimum absolute atomic E-state index is 0.146. The fraction of sp³-hybridized carbons (Fsp3) is 0.333. The third-order valence-electron chi connectivity index (χ3n) is 2.10. The lowest BCUT2D eigenvalue weighted by molar-refractivity contribution is -0.387. The van der Waals surface area contributed by atoms with Gasteiger partial charge in [-0.15, -0.1) is 0 Å². The van der Waals surface area contributed by atoms with Gasteiger partial charge >= 0.3 is 5.69 Å². The predicted molar refractivity (Wildman–Crippen MR) is 62.3 cm³/mol. The molecule has 19 heavy (non-hydrogen) atoms. The molecule has 0 aliphatic heterocycles. The Bertz CT molecular complexity index is 605. The maximum atomic E-state index is 12.7. The first-order valence-corrected chi connectivity index (χ1v) is 7.18. The molecular weight excluding hydrogens is 308 g/mol. The first-order valence-electron chi connectivity index (χ1n) is 4.87. The summed E-state index contributed by atoms with van der Waals surface area (Å²) in [5, 5.41) is 10.9. The minimum Gasteiger partial charge on any atom is -0.486 e. The van der Waals surface area contributed by atoms with Gasteiger partial charge in [0.15, 0.2) is 0 Å². The van der Waals surface area contributed by atoms with E-state index in [2.05, 4.69) is 0 Å². The second kappa shape index (κ2) is 5.66. The second-order valence-electron chi connectivity index (χ2n) is 3.26. The third kappa shape index (κ3) is 3.29. The zero-order chi connectivity index (χ0) is 14.8. The Hall–Kier alpha value is -1.48. The highest BCUT2D eigenvalue weighted by Gasteiger charge is 2.32. The Labute approximate surface area is 111 Å². The Kier molecular flexibility index (Phi) is 4.64. The van der Waals surface area contributed by atoms with Gasteiger partial charge in [0, 0.05) is 10.7 Å². The number of nitrogens with zero attached hydrogens (tertiary/aromatic N) is 1. The van der Waals surface area contributed by atoms with Crippen LogP contribution in [0.4, 0.5) is 14.5 Å². The first-order chi connectivity index (χ1) is 8.70. The maximum Gasteiger partial charge on any atom is 0.321 e. The number of nitro groups is 1. The van der Waals surface area contributed by atoms with Crippen molar-refractivity contribution in [3.05, 3.63) is 27.8 Å². The molecule has 1 rings (SSSR count). The topological polar surface area (TPSA) is 86.5 Å². The van der Waals surface area contributed by atoms with Crippen LogP contribution < -0.4 is 4.74 Å². The van der Waals surface area contributed by atoms with E-state index in [-0.39, 0.29) is 6.61 Å². The van der Waals surface area contributed by atoms with Gasteiger partial charge in [-0.25, -0.2) is 17.2 Å². The molecule has 0 aliphatic rings.